The van der Waals surface area contributed by atoms with Gasteiger partial charge in [-0.3, -0.25) is 5.41 Å². The number of hydrogen-bond acceptors (Lipinski definition) is 14. The van der Waals surface area contributed by atoms with Gasteiger partial charge < -0.3 is 82.5 Å². The molecule has 0 spiro atoms. The summed E-state index contributed by atoms with van der Waals surface area (Å²) in [5.74, 6) is -1.07. The number of aliphatic hydroxyl groups is 7. The number of likely N-dealkylation sites (N-methyl/N-ethyl adjacent to an activating group) is 1. The quantitative estimate of drug-likeness (QED) is 0.0956. The molecule has 3 rings (SSSR count). The zero-order valence-electron chi connectivity index (χ0n) is 21.7. The maximum atomic E-state index is 11.2. The fourth-order valence-corrected chi connectivity index (χ4v) is 5.08. The third-order valence-corrected chi connectivity index (χ3v) is 7.50. The molecule has 18 nitrogen and oxygen atoms in total. The van der Waals surface area contributed by atoms with E-state index in [2.05, 4.69) is 15.6 Å². The van der Waals surface area contributed by atoms with Crippen molar-refractivity contribution in [3.63, 3.8) is 0 Å². The summed E-state index contributed by atoms with van der Waals surface area (Å²) in [4.78, 5) is 3.77. The van der Waals surface area contributed by atoms with Gasteiger partial charge in [-0.25, -0.2) is 4.99 Å². The summed E-state index contributed by atoms with van der Waals surface area (Å²) in [6, 6.07) is -3.76. The van der Waals surface area contributed by atoms with Crippen LogP contribution in [0.3, 0.4) is 0 Å². The zero-order chi connectivity index (χ0) is 29.4. The van der Waals surface area contributed by atoms with Crippen LogP contribution in [0.2, 0.25) is 0 Å². The number of hydrogen-bond donors (Lipinski definition) is 13. The van der Waals surface area contributed by atoms with Crippen LogP contribution in [0.4, 0.5) is 0 Å². The van der Waals surface area contributed by atoms with E-state index < -0.39 is 110 Å². The predicted octanol–water partition coefficient (Wildman–Crippen LogP) is -7.13. The lowest BCUT2D eigenvalue weighted by molar-refractivity contribution is -0.316. The molecule has 3 fully saturated rings. The van der Waals surface area contributed by atoms with Crippen molar-refractivity contribution < 1.29 is 54.7 Å². The summed E-state index contributed by atoms with van der Waals surface area (Å²) in [6.07, 6.45) is -15.8. The molecule has 3 aliphatic rings. The first-order chi connectivity index (χ1) is 18.1. The molecule has 0 aromatic rings. The number of aliphatic hydroxyl groups excluding tert-OH is 6. The molecule has 18 heteroatoms. The maximum Gasteiger partial charge on any atom is 0.187 e. The number of rotatable bonds is 8. The van der Waals surface area contributed by atoms with Crippen LogP contribution in [-0.4, -0.2) is 153 Å². The Labute approximate surface area is 224 Å². The predicted molar refractivity (Wildman–Crippen MR) is 132 cm³/mol. The first kappa shape index (κ1) is 31.6. The monoisotopic (exact) mass is 567 g/mol. The second-order valence-electron chi connectivity index (χ2n) is 10.2. The number of guanidine groups is 2. The Hall–Kier alpha value is -1.94. The van der Waals surface area contributed by atoms with E-state index in [1.54, 1.807) is 0 Å². The number of nitrogens with two attached hydrogens (primary N) is 3. The Morgan fingerprint density at radius 3 is 2.13 bits per heavy atom. The van der Waals surface area contributed by atoms with Crippen LogP contribution in [0.1, 0.15) is 13.8 Å². The highest BCUT2D eigenvalue weighted by molar-refractivity contribution is 5.76. The van der Waals surface area contributed by atoms with Crippen molar-refractivity contribution in [2.45, 2.75) is 105 Å². The van der Waals surface area contributed by atoms with Gasteiger partial charge in [0.1, 0.15) is 60.5 Å². The molecule has 226 valence electrons. The van der Waals surface area contributed by atoms with E-state index in [0.29, 0.717) is 0 Å². The van der Waals surface area contributed by atoms with Crippen LogP contribution in [0, 0.1) is 5.41 Å². The van der Waals surface area contributed by atoms with Gasteiger partial charge in [0.2, 0.25) is 0 Å². The van der Waals surface area contributed by atoms with Gasteiger partial charge in [0.25, 0.3) is 0 Å². The fourth-order valence-electron chi connectivity index (χ4n) is 5.08. The van der Waals surface area contributed by atoms with Crippen molar-refractivity contribution >= 4 is 11.9 Å². The highest BCUT2D eigenvalue weighted by Crippen LogP contribution is 2.38. The molecule has 1 aliphatic carbocycles. The van der Waals surface area contributed by atoms with Crippen molar-refractivity contribution in [2.24, 2.45) is 22.2 Å². The van der Waals surface area contributed by atoms with Crippen molar-refractivity contribution in [3.05, 3.63) is 0 Å². The van der Waals surface area contributed by atoms with Gasteiger partial charge in [0.15, 0.2) is 24.5 Å². The first-order valence-corrected chi connectivity index (χ1v) is 12.4. The normalized spacial score (nSPS) is 48.5. The molecular formula is C21H41N7O11. The van der Waals surface area contributed by atoms with E-state index in [9.17, 15) is 35.7 Å². The van der Waals surface area contributed by atoms with Gasteiger partial charge in [-0.15, -0.1) is 0 Å². The van der Waals surface area contributed by atoms with Crippen molar-refractivity contribution in [2.75, 3.05) is 13.7 Å². The van der Waals surface area contributed by atoms with Crippen LogP contribution < -0.4 is 27.8 Å². The Morgan fingerprint density at radius 2 is 1.59 bits per heavy atom. The first-order valence-electron chi connectivity index (χ1n) is 12.4. The lowest BCUT2D eigenvalue weighted by Crippen LogP contribution is -2.70. The number of aliphatic imine (C=N–C) groups is 1. The van der Waals surface area contributed by atoms with Crippen molar-refractivity contribution in [1.29, 1.82) is 5.41 Å². The summed E-state index contributed by atoms with van der Waals surface area (Å²) in [5.41, 5.74) is 14.5. The smallest absolute Gasteiger partial charge is 0.187 e. The molecule has 0 aromatic heterocycles. The minimum absolute atomic E-state index is 0.469. The third kappa shape index (κ3) is 6.21. The molecule has 1 saturated carbocycles. The van der Waals surface area contributed by atoms with Gasteiger partial charge in [-0.05, 0) is 20.9 Å². The standard InChI is InChI=1S/C21H41N7O11/c1-5-21(2,35)16(39-17-9(26-3)13(33)10(30)6(4-29)37-17)18(36-5)38-15-8(28-20(24)25)11(31)7(27-19(22)23)12(32)14(15)34/h5-18,26,29-35H,4H2,1-3H3,(H4,22,23,27)(H4,24,25,28). The fraction of sp³-hybridized carbons (Fsp3) is 0.905. The molecule has 0 radical (unpaired) electrons. The average Bonchev–Trinajstić information content (AvgIpc) is 3.07. The van der Waals surface area contributed by atoms with E-state index in [4.69, 9.17) is 41.6 Å². The van der Waals surface area contributed by atoms with Crippen molar-refractivity contribution in [3.8, 4) is 0 Å². The van der Waals surface area contributed by atoms with Gasteiger partial charge in [0, 0.05) is 0 Å². The van der Waals surface area contributed by atoms with E-state index in [-0.39, 0.29) is 0 Å². The SMILES string of the molecule is CNC1C(OC2C(OC3C(O)C(O)C(N=C(N)N)C(O)C3NC(=N)N)OC(C)C2(C)O)OC(CO)C(O)C1O. The minimum Gasteiger partial charge on any atom is -0.394 e. The molecule has 0 amide bonds. The Kier molecular flexibility index (Phi) is 9.95. The molecule has 16 N–H and O–H groups in total. The largest absolute Gasteiger partial charge is 0.394 e. The van der Waals surface area contributed by atoms with Gasteiger partial charge >= 0.3 is 0 Å². The number of ether oxygens (including phenoxy) is 4. The highest BCUT2D eigenvalue weighted by atomic mass is 16.8. The summed E-state index contributed by atoms with van der Waals surface area (Å²) in [6.45, 7) is 2.27. The molecule has 2 saturated heterocycles. The summed E-state index contributed by atoms with van der Waals surface area (Å²) >= 11 is 0. The van der Waals surface area contributed by atoms with Crippen LogP contribution in [0.25, 0.3) is 0 Å². The summed E-state index contributed by atoms with van der Waals surface area (Å²) < 4.78 is 23.4. The molecule has 2 aliphatic heterocycles. The Morgan fingerprint density at radius 1 is 0.949 bits per heavy atom. The molecule has 15 atom stereocenters. The average molecular weight is 568 g/mol. The second-order valence-corrected chi connectivity index (χ2v) is 10.2. The maximum absolute atomic E-state index is 11.2. The third-order valence-electron chi connectivity index (χ3n) is 7.50. The van der Waals surface area contributed by atoms with Gasteiger partial charge in [-0.2, -0.15) is 0 Å². The summed E-state index contributed by atoms with van der Waals surface area (Å²) in [5, 5.41) is 86.9. The van der Waals surface area contributed by atoms with E-state index in [1.807, 2.05) is 0 Å². The number of nitrogens with one attached hydrogen (secondary N) is 3. The Balaban J connectivity index is 1.91. The van der Waals surface area contributed by atoms with Crippen LogP contribution in [0.15, 0.2) is 4.99 Å². The molecule has 0 bridgehead atoms. The topological polar surface area (TPSA) is 317 Å². The number of nitrogens with zero attached hydrogens (tertiary/aromatic N) is 1. The Bertz CT molecular complexity index is 881. The van der Waals surface area contributed by atoms with Crippen molar-refractivity contribution in [1.82, 2.24) is 10.6 Å². The molecule has 0 aromatic carbocycles. The van der Waals surface area contributed by atoms with E-state index >= 15 is 0 Å². The van der Waals surface area contributed by atoms with Crippen LogP contribution in [0.5, 0.6) is 0 Å². The molecule has 39 heavy (non-hydrogen) atoms. The molecule has 2 heterocycles. The van der Waals surface area contributed by atoms with E-state index in [0.717, 1.165) is 0 Å². The summed E-state index contributed by atoms with van der Waals surface area (Å²) in [7, 11) is 1.48. The minimum atomic E-state index is -1.75. The second kappa shape index (κ2) is 12.3. The molecule has 15 unspecified atom stereocenters. The van der Waals surface area contributed by atoms with Gasteiger partial charge in [-0.1, -0.05) is 0 Å². The van der Waals surface area contributed by atoms with E-state index in [1.165, 1.54) is 20.9 Å². The zero-order valence-corrected chi connectivity index (χ0v) is 21.7. The van der Waals surface area contributed by atoms with Gasteiger partial charge in [0.05, 0.1) is 24.8 Å². The molecular weight excluding hydrogens is 526 g/mol. The lowest BCUT2D eigenvalue weighted by Gasteiger charge is -2.46. The van der Waals surface area contributed by atoms with Crippen LogP contribution in [-0.2, 0) is 18.9 Å². The lowest BCUT2D eigenvalue weighted by atomic mass is 9.81. The highest BCUT2D eigenvalue weighted by Gasteiger charge is 2.58. The van der Waals surface area contributed by atoms with Crippen LogP contribution >= 0.6 is 0 Å².